The number of amides is 2. The molecule has 1 fully saturated rings. The van der Waals surface area contributed by atoms with Gasteiger partial charge in [-0.3, -0.25) is 4.90 Å². The normalized spacial score (nSPS) is 18.9. The molecule has 0 unspecified atom stereocenters. The largest absolute Gasteiger partial charge is 0.495 e. The molecule has 0 radical (unpaired) electrons. The quantitative estimate of drug-likeness (QED) is 0.586. The first kappa shape index (κ1) is 23.9. The fraction of sp³-hybridized carbons (Fsp3) is 0.360. The topological polar surface area (TPSA) is 83.1 Å². The number of hydrogen-bond acceptors (Lipinski definition) is 6. The van der Waals surface area contributed by atoms with Gasteiger partial charge in [-0.05, 0) is 30.7 Å². The second kappa shape index (κ2) is 10.8. The standard InChI is InChI=1S/C25H29ClN4O4/c1-3-34-24(31)22-19(27-25(32)28-23(22)17-8-4-5-9-18(17)26)16-29-12-14-30(15-13-29)20-10-6-7-11-21(20)33-2/h4-11,23H,3,12-16H2,1-2H3,(H2,27,28,32)/t23-/m1/s1. The zero-order chi connectivity index (χ0) is 24.1. The van der Waals surface area contributed by atoms with Crippen LogP contribution in [0, 0.1) is 0 Å². The van der Waals surface area contributed by atoms with Crippen molar-refractivity contribution in [3.05, 3.63) is 70.4 Å². The van der Waals surface area contributed by atoms with Gasteiger partial charge in [-0.2, -0.15) is 0 Å². The molecule has 2 aliphatic rings. The van der Waals surface area contributed by atoms with Crippen LogP contribution in [0.2, 0.25) is 5.02 Å². The molecule has 9 heteroatoms. The first-order valence-electron chi connectivity index (χ1n) is 11.3. The second-order valence-corrected chi connectivity index (χ2v) is 8.51. The number of urea groups is 1. The van der Waals surface area contributed by atoms with E-state index in [1.165, 1.54) is 0 Å². The number of carbonyl (C=O) groups excluding carboxylic acids is 2. The maximum absolute atomic E-state index is 13.0. The van der Waals surface area contributed by atoms with E-state index in [0.29, 0.717) is 28.4 Å². The highest BCUT2D eigenvalue weighted by Gasteiger charge is 2.35. The summed E-state index contributed by atoms with van der Waals surface area (Å²) in [5.41, 5.74) is 2.63. The zero-order valence-corrected chi connectivity index (χ0v) is 20.1. The van der Waals surface area contributed by atoms with E-state index in [-0.39, 0.29) is 12.6 Å². The molecule has 8 nitrogen and oxygen atoms in total. The van der Waals surface area contributed by atoms with Crippen molar-refractivity contribution in [3.8, 4) is 5.75 Å². The Balaban J connectivity index is 1.57. The molecule has 0 aliphatic carbocycles. The molecule has 34 heavy (non-hydrogen) atoms. The number of benzene rings is 2. The molecule has 0 bridgehead atoms. The van der Waals surface area contributed by atoms with Gasteiger partial charge in [-0.25, -0.2) is 9.59 Å². The molecular formula is C25H29ClN4O4. The van der Waals surface area contributed by atoms with Gasteiger partial charge in [0.1, 0.15) is 5.75 Å². The third kappa shape index (κ3) is 5.13. The van der Waals surface area contributed by atoms with Crippen LogP contribution in [0.5, 0.6) is 5.75 Å². The minimum absolute atomic E-state index is 0.233. The maximum Gasteiger partial charge on any atom is 0.338 e. The average Bonchev–Trinajstić information content (AvgIpc) is 2.84. The van der Waals surface area contributed by atoms with Crippen LogP contribution >= 0.6 is 11.6 Å². The Bertz CT molecular complexity index is 1080. The van der Waals surface area contributed by atoms with Crippen LogP contribution < -0.4 is 20.3 Å². The summed E-state index contributed by atoms with van der Waals surface area (Å²) in [6, 6.07) is 14.1. The van der Waals surface area contributed by atoms with Gasteiger partial charge >= 0.3 is 12.0 Å². The lowest BCUT2D eigenvalue weighted by Gasteiger charge is -2.38. The van der Waals surface area contributed by atoms with Crippen molar-refractivity contribution < 1.29 is 19.1 Å². The molecule has 2 N–H and O–H groups in total. The first-order chi connectivity index (χ1) is 16.5. The van der Waals surface area contributed by atoms with E-state index < -0.39 is 12.0 Å². The van der Waals surface area contributed by atoms with Gasteiger partial charge in [0.05, 0.1) is 31.0 Å². The Morgan fingerprint density at radius 1 is 1.09 bits per heavy atom. The van der Waals surface area contributed by atoms with E-state index in [1.807, 2.05) is 36.4 Å². The predicted molar refractivity (Wildman–Crippen MR) is 131 cm³/mol. The van der Waals surface area contributed by atoms with Gasteiger partial charge in [0, 0.05) is 43.4 Å². The number of nitrogens with one attached hydrogen (secondary N) is 2. The molecule has 2 heterocycles. The molecule has 180 valence electrons. The number of rotatable bonds is 7. The van der Waals surface area contributed by atoms with Crippen LogP contribution in [0.3, 0.4) is 0 Å². The average molecular weight is 485 g/mol. The molecule has 2 aliphatic heterocycles. The van der Waals surface area contributed by atoms with Crippen LogP contribution in [0.1, 0.15) is 18.5 Å². The van der Waals surface area contributed by atoms with Crippen molar-refractivity contribution >= 4 is 29.3 Å². The predicted octanol–water partition coefficient (Wildman–Crippen LogP) is 3.34. The number of carbonyl (C=O) groups is 2. The summed E-state index contributed by atoms with van der Waals surface area (Å²) < 4.78 is 10.9. The minimum atomic E-state index is -0.689. The summed E-state index contributed by atoms with van der Waals surface area (Å²) in [6.45, 7) is 5.52. The fourth-order valence-electron chi connectivity index (χ4n) is 4.40. The number of esters is 1. The molecular weight excluding hydrogens is 456 g/mol. The first-order valence-corrected chi connectivity index (χ1v) is 11.7. The molecule has 0 aromatic heterocycles. The molecule has 0 spiro atoms. The van der Waals surface area contributed by atoms with Crippen molar-refractivity contribution in [2.24, 2.45) is 0 Å². The summed E-state index contributed by atoms with van der Waals surface area (Å²) in [5.74, 6) is 0.374. The fourth-order valence-corrected chi connectivity index (χ4v) is 4.64. The van der Waals surface area contributed by atoms with Crippen molar-refractivity contribution in [1.29, 1.82) is 0 Å². The van der Waals surface area contributed by atoms with E-state index in [1.54, 1.807) is 20.1 Å². The van der Waals surface area contributed by atoms with Gasteiger partial charge in [-0.1, -0.05) is 41.9 Å². The molecule has 1 saturated heterocycles. The number of nitrogens with zero attached hydrogens (tertiary/aromatic N) is 2. The summed E-state index contributed by atoms with van der Waals surface area (Å²) >= 11 is 6.42. The number of hydrogen-bond donors (Lipinski definition) is 2. The minimum Gasteiger partial charge on any atom is -0.495 e. The third-order valence-electron chi connectivity index (χ3n) is 6.05. The van der Waals surface area contributed by atoms with Crippen LogP contribution in [-0.4, -0.2) is 63.3 Å². The Morgan fingerprint density at radius 2 is 1.79 bits per heavy atom. The van der Waals surface area contributed by atoms with Crippen LogP contribution in [-0.2, 0) is 9.53 Å². The van der Waals surface area contributed by atoms with Gasteiger partial charge in [0.25, 0.3) is 0 Å². The van der Waals surface area contributed by atoms with Crippen molar-refractivity contribution in [2.75, 3.05) is 51.3 Å². The van der Waals surface area contributed by atoms with Crippen molar-refractivity contribution in [3.63, 3.8) is 0 Å². The highest BCUT2D eigenvalue weighted by molar-refractivity contribution is 6.31. The highest BCUT2D eigenvalue weighted by Crippen LogP contribution is 2.33. The summed E-state index contributed by atoms with van der Waals surface area (Å²) in [6.07, 6.45) is 0. The van der Waals surface area contributed by atoms with E-state index >= 15 is 0 Å². The van der Waals surface area contributed by atoms with Gasteiger partial charge in [-0.15, -0.1) is 0 Å². The molecule has 2 aromatic rings. The zero-order valence-electron chi connectivity index (χ0n) is 19.3. The summed E-state index contributed by atoms with van der Waals surface area (Å²) in [7, 11) is 1.67. The van der Waals surface area contributed by atoms with Crippen LogP contribution in [0.25, 0.3) is 0 Å². The Kier molecular flexibility index (Phi) is 7.59. The molecule has 2 amide bonds. The van der Waals surface area contributed by atoms with E-state index in [0.717, 1.165) is 37.6 Å². The number of para-hydroxylation sites is 2. The van der Waals surface area contributed by atoms with Gasteiger partial charge in [0.15, 0.2) is 0 Å². The van der Waals surface area contributed by atoms with E-state index in [4.69, 9.17) is 21.1 Å². The Hall–Kier alpha value is -3.23. The lowest BCUT2D eigenvalue weighted by atomic mass is 9.94. The number of ether oxygens (including phenoxy) is 2. The van der Waals surface area contributed by atoms with Crippen molar-refractivity contribution in [2.45, 2.75) is 13.0 Å². The van der Waals surface area contributed by atoms with Gasteiger partial charge < -0.3 is 25.0 Å². The maximum atomic E-state index is 13.0. The monoisotopic (exact) mass is 484 g/mol. The SMILES string of the molecule is CCOC(=O)C1=C(CN2CCN(c3ccccc3OC)CC2)NC(=O)N[C@@H]1c1ccccc1Cl. The molecule has 2 aromatic carbocycles. The Labute approximate surface area is 204 Å². The van der Waals surface area contributed by atoms with Crippen molar-refractivity contribution in [1.82, 2.24) is 15.5 Å². The third-order valence-corrected chi connectivity index (χ3v) is 6.39. The number of halogens is 1. The second-order valence-electron chi connectivity index (χ2n) is 8.10. The van der Waals surface area contributed by atoms with E-state index in [9.17, 15) is 9.59 Å². The lowest BCUT2D eigenvalue weighted by Crippen LogP contribution is -2.52. The molecule has 4 rings (SSSR count). The van der Waals surface area contributed by atoms with Gasteiger partial charge in [0.2, 0.25) is 0 Å². The van der Waals surface area contributed by atoms with Crippen LogP contribution in [0.4, 0.5) is 10.5 Å². The highest BCUT2D eigenvalue weighted by atomic mass is 35.5. The number of anilines is 1. The molecule has 1 atom stereocenters. The summed E-state index contributed by atoms with van der Waals surface area (Å²) in [5, 5.41) is 6.15. The smallest absolute Gasteiger partial charge is 0.338 e. The number of methoxy groups -OCH3 is 1. The molecule has 0 saturated carbocycles. The van der Waals surface area contributed by atoms with Crippen LogP contribution in [0.15, 0.2) is 59.8 Å². The number of piperazine rings is 1. The lowest BCUT2D eigenvalue weighted by molar-refractivity contribution is -0.139. The summed E-state index contributed by atoms with van der Waals surface area (Å²) in [4.78, 5) is 30.1. The Morgan fingerprint density at radius 3 is 2.50 bits per heavy atom. The van der Waals surface area contributed by atoms with E-state index in [2.05, 4.69) is 26.5 Å².